The number of benzene rings is 1. The van der Waals surface area contributed by atoms with Crippen molar-refractivity contribution >= 4 is 27.6 Å². The zero-order valence-electron chi connectivity index (χ0n) is 15.9. The van der Waals surface area contributed by atoms with Crippen molar-refractivity contribution in [1.29, 1.82) is 0 Å². The van der Waals surface area contributed by atoms with E-state index in [4.69, 9.17) is 19.2 Å². The number of anilines is 1. The van der Waals surface area contributed by atoms with Crippen molar-refractivity contribution in [3.8, 4) is 22.8 Å². The van der Waals surface area contributed by atoms with E-state index in [1.54, 1.807) is 14.2 Å². The number of fused-ring (bicyclic) bond motifs is 1. The van der Waals surface area contributed by atoms with E-state index in [2.05, 4.69) is 23.1 Å². The number of aromatic nitrogens is 2. The van der Waals surface area contributed by atoms with Crippen LogP contribution in [0.5, 0.6) is 11.5 Å². The lowest BCUT2D eigenvalue weighted by molar-refractivity contribution is -0.00494. The van der Waals surface area contributed by atoms with Crippen LogP contribution in [-0.4, -0.2) is 48.9 Å². The predicted molar refractivity (Wildman–Crippen MR) is 108 cm³/mol. The van der Waals surface area contributed by atoms with Gasteiger partial charge in [-0.15, -0.1) is 0 Å². The SMILES string of the molecule is COc1ccc(-c2ccc3nsc(N4C[C@@H](C)O[C@@H](C)C4)c3n2)cc1OC. The van der Waals surface area contributed by atoms with Crippen LogP contribution in [0.4, 0.5) is 5.00 Å². The Balaban J connectivity index is 1.74. The third-order valence-electron chi connectivity index (χ3n) is 4.69. The van der Waals surface area contributed by atoms with E-state index in [0.717, 1.165) is 40.4 Å². The first-order valence-electron chi connectivity index (χ1n) is 8.98. The molecule has 2 aromatic heterocycles. The summed E-state index contributed by atoms with van der Waals surface area (Å²) in [6.07, 6.45) is 0.389. The van der Waals surface area contributed by atoms with Gasteiger partial charge in [0.05, 0.1) is 32.1 Å². The molecular formula is C20H23N3O3S. The molecule has 4 rings (SSSR count). The molecule has 0 spiro atoms. The highest BCUT2D eigenvalue weighted by Gasteiger charge is 2.25. The fraction of sp³-hybridized carbons (Fsp3) is 0.400. The van der Waals surface area contributed by atoms with Crippen molar-refractivity contribution in [3.63, 3.8) is 0 Å². The van der Waals surface area contributed by atoms with Gasteiger partial charge in [-0.3, -0.25) is 0 Å². The quantitative estimate of drug-likeness (QED) is 0.677. The Hall–Kier alpha value is -2.38. The molecule has 2 atom stereocenters. The van der Waals surface area contributed by atoms with Crippen LogP contribution in [0.25, 0.3) is 22.3 Å². The van der Waals surface area contributed by atoms with Gasteiger partial charge in [-0.2, -0.15) is 4.37 Å². The van der Waals surface area contributed by atoms with Gasteiger partial charge in [0, 0.05) is 18.7 Å². The average Bonchev–Trinajstić information content (AvgIpc) is 3.10. The molecule has 1 aliphatic heterocycles. The molecule has 142 valence electrons. The minimum Gasteiger partial charge on any atom is -0.493 e. The number of hydrogen-bond donors (Lipinski definition) is 0. The normalized spacial score (nSPS) is 20.1. The minimum absolute atomic E-state index is 0.194. The van der Waals surface area contributed by atoms with Crippen LogP contribution in [-0.2, 0) is 4.74 Å². The van der Waals surface area contributed by atoms with Crippen LogP contribution in [0.3, 0.4) is 0 Å². The second kappa shape index (κ2) is 7.32. The van der Waals surface area contributed by atoms with Gasteiger partial charge in [-0.05, 0) is 55.7 Å². The van der Waals surface area contributed by atoms with E-state index in [0.29, 0.717) is 11.5 Å². The molecule has 0 amide bonds. The largest absolute Gasteiger partial charge is 0.493 e. The summed E-state index contributed by atoms with van der Waals surface area (Å²) in [5.41, 5.74) is 3.73. The fourth-order valence-corrected chi connectivity index (χ4v) is 4.36. The summed E-state index contributed by atoms with van der Waals surface area (Å²) in [6.45, 7) is 5.91. The molecular weight excluding hydrogens is 362 g/mol. The average molecular weight is 385 g/mol. The van der Waals surface area contributed by atoms with Crippen molar-refractivity contribution < 1.29 is 14.2 Å². The van der Waals surface area contributed by atoms with Crippen molar-refractivity contribution in [1.82, 2.24) is 9.36 Å². The van der Waals surface area contributed by atoms with Crippen molar-refractivity contribution in [2.45, 2.75) is 26.1 Å². The highest BCUT2D eigenvalue weighted by Crippen LogP contribution is 2.35. The molecule has 0 radical (unpaired) electrons. The Labute approximate surface area is 162 Å². The van der Waals surface area contributed by atoms with Gasteiger partial charge in [0.25, 0.3) is 0 Å². The predicted octanol–water partition coefficient (Wildman–Crippen LogP) is 3.99. The summed E-state index contributed by atoms with van der Waals surface area (Å²) in [7, 11) is 3.27. The summed E-state index contributed by atoms with van der Waals surface area (Å²) in [5, 5.41) is 1.11. The van der Waals surface area contributed by atoms with Crippen LogP contribution in [0, 0.1) is 0 Å². The zero-order chi connectivity index (χ0) is 19.0. The summed E-state index contributed by atoms with van der Waals surface area (Å²) >= 11 is 1.50. The Bertz CT molecular complexity index is 949. The number of ether oxygens (including phenoxy) is 3. The first-order chi connectivity index (χ1) is 13.1. The van der Waals surface area contributed by atoms with Crippen LogP contribution in [0.2, 0.25) is 0 Å². The molecule has 3 heterocycles. The summed E-state index contributed by atoms with van der Waals surface area (Å²) < 4.78 is 21.2. The van der Waals surface area contributed by atoms with E-state index in [-0.39, 0.29) is 12.2 Å². The Morgan fingerprint density at radius 2 is 1.78 bits per heavy atom. The molecule has 1 aromatic carbocycles. The van der Waals surface area contributed by atoms with Gasteiger partial charge < -0.3 is 19.1 Å². The Morgan fingerprint density at radius 3 is 2.48 bits per heavy atom. The van der Waals surface area contributed by atoms with E-state index in [9.17, 15) is 0 Å². The lowest BCUT2D eigenvalue weighted by Crippen LogP contribution is -2.45. The molecule has 0 bridgehead atoms. The first kappa shape index (κ1) is 18.0. The van der Waals surface area contributed by atoms with Gasteiger partial charge in [-0.1, -0.05) is 0 Å². The smallest absolute Gasteiger partial charge is 0.161 e. The summed E-state index contributed by atoms with van der Waals surface area (Å²) in [4.78, 5) is 7.27. The van der Waals surface area contributed by atoms with E-state index in [1.165, 1.54) is 11.5 Å². The van der Waals surface area contributed by atoms with Gasteiger partial charge in [0.1, 0.15) is 16.0 Å². The minimum atomic E-state index is 0.194. The topological polar surface area (TPSA) is 56.7 Å². The van der Waals surface area contributed by atoms with E-state index < -0.39 is 0 Å². The lowest BCUT2D eigenvalue weighted by Gasteiger charge is -2.35. The lowest BCUT2D eigenvalue weighted by atomic mass is 10.1. The molecule has 6 nitrogen and oxygen atoms in total. The van der Waals surface area contributed by atoms with Crippen LogP contribution < -0.4 is 14.4 Å². The summed E-state index contributed by atoms with van der Waals surface area (Å²) in [5.74, 6) is 1.40. The Morgan fingerprint density at radius 1 is 1.04 bits per heavy atom. The maximum atomic E-state index is 5.86. The molecule has 0 unspecified atom stereocenters. The van der Waals surface area contributed by atoms with Gasteiger partial charge in [0.15, 0.2) is 11.5 Å². The number of hydrogen-bond acceptors (Lipinski definition) is 7. The number of rotatable bonds is 4. The number of nitrogens with zero attached hydrogens (tertiary/aromatic N) is 3. The molecule has 0 aliphatic carbocycles. The third kappa shape index (κ3) is 3.44. The number of methoxy groups -OCH3 is 2. The van der Waals surface area contributed by atoms with Crippen LogP contribution in [0.1, 0.15) is 13.8 Å². The molecule has 7 heteroatoms. The summed E-state index contributed by atoms with van der Waals surface area (Å²) in [6, 6.07) is 9.87. The maximum Gasteiger partial charge on any atom is 0.161 e. The molecule has 27 heavy (non-hydrogen) atoms. The van der Waals surface area contributed by atoms with Crippen molar-refractivity contribution in [2.75, 3.05) is 32.2 Å². The maximum absolute atomic E-state index is 5.86. The van der Waals surface area contributed by atoms with E-state index in [1.807, 2.05) is 30.3 Å². The molecule has 1 saturated heterocycles. The van der Waals surface area contributed by atoms with Gasteiger partial charge in [0.2, 0.25) is 0 Å². The Kier molecular flexibility index (Phi) is 4.88. The van der Waals surface area contributed by atoms with Crippen molar-refractivity contribution in [3.05, 3.63) is 30.3 Å². The van der Waals surface area contributed by atoms with Crippen LogP contribution in [0.15, 0.2) is 30.3 Å². The highest BCUT2D eigenvalue weighted by molar-refractivity contribution is 7.11. The van der Waals surface area contributed by atoms with Gasteiger partial charge in [-0.25, -0.2) is 4.98 Å². The standard InChI is InChI=1S/C20H23N3O3S/c1-12-10-23(11-13(2)26-12)20-19-16(22-27-20)7-6-15(21-19)14-5-8-17(24-3)18(9-14)25-4/h5-9,12-13H,10-11H2,1-4H3/t12-,13+. The molecule has 0 N–H and O–H groups in total. The molecule has 3 aromatic rings. The second-order valence-corrected chi connectivity index (χ2v) is 7.54. The molecule has 1 fully saturated rings. The monoisotopic (exact) mass is 385 g/mol. The van der Waals surface area contributed by atoms with Crippen LogP contribution >= 0.6 is 11.5 Å². The number of pyridine rings is 1. The fourth-order valence-electron chi connectivity index (χ4n) is 3.53. The van der Waals surface area contributed by atoms with E-state index >= 15 is 0 Å². The van der Waals surface area contributed by atoms with Gasteiger partial charge >= 0.3 is 0 Å². The molecule has 0 saturated carbocycles. The zero-order valence-corrected chi connectivity index (χ0v) is 16.7. The number of morpholine rings is 1. The third-order valence-corrected chi connectivity index (χ3v) is 5.61. The second-order valence-electron chi connectivity index (χ2n) is 6.78. The molecule has 1 aliphatic rings. The van der Waals surface area contributed by atoms with Crippen molar-refractivity contribution in [2.24, 2.45) is 0 Å². The first-order valence-corrected chi connectivity index (χ1v) is 9.75. The highest BCUT2D eigenvalue weighted by atomic mass is 32.1.